The maximum atomic E-state index is 11.3. The quantitative estimate of drug-likeness (QED) is 0.603. The van der Waals surface area contributed by atoms with E-state index in [1.165, 1.54) is 0 Å². The minimum absolute atomic E-state index is 0.0970. The molecule has 2 aromatic rings. The number of para-hydroxylation sites is 1. The van der Waals surface area contributed by atoms with Crippen molar-refractivity contribution in [2.45, 2.75) is 17.6 Å². The maximum absolute atomic E-state index is 11.3. The van der Waals surface area contributed by atoms with Gasteiger partial charge in [-0.05, 0) is 25.1 Å². The minimum Gasteiger partial charge on any atom is -0.496 e. The number of thioether (sulfide) groups is 1. The van der Waals surface area contributed by atoms with Crippen LogP contribution in [-0.4, -0.2) is 12.9 Å². The van der Waals surface area contributed by atoms with Gasteiger partial charge in [0.05, 0.1) is 7.11 Å². The van der Waals surface area contributed by atoms with E-state index in [9.17, 15) is 4.79 Å². The molecular weight excluding hydrogens is 256 g/mol. The first kappa shape index (κ1) is 13.7. The summed E-state index contributed by atoms with van der Waals surface area (Å²) in [7, 11) is 1.68. The van der Waals surface area contributed by atoms with E-state index in [-0.39, 0.29) is 5.78 Å². The summed E-state index contributed by atoms with van der Waals surface area (Å²) in [5.41, 5.74) is 1.91. The zero-order valence-electron chi connectivity index (χ0n) is 11.1. The van der Waals surface area contributed by atoms with Gasteiger partial charge >= 0.3 is 0 Å². The molecule has 98 valence electrons. The molecule has 0 saturated carbocycles. The van der Waals surface area contributed by atoms with Crippen molar-refractivity contribution in [2.75, 3.05) is 7.11 Å². The third kappa shape index (κ3) is 3.61. The topological polar surface area (TPSA) is 26.3 Å². The third-order valence-electron chi connectivity index (χ3n) is 2.83. The van der Waals surface area contributed by atoms with Crippen molar-refractivity contribution in [2.24, 2.45) is 0 Å². The number of Topliss-reactive ketones (excluding diaryl/α,β-unsaturated/α-hetero) is 1. The van der Waals surface area contributed by atoms with Crippen LogP contribution in [0.3, 0.4) is 0 Å². The van der Waals surface area contributed by atoms with E-state index in [2.05, 4.69) is 6.07 Å². The lowest BCUT2D eigenvalue weighted by molar-refractivity contribution is 0.101. The molecule has 2 rings (SSSR count). The highest BCUT2D eigenvalue weighted by atomic mass is 32.2. The molecule has 0 amide bonds. The summed E-state index contributed by atoms with van der Waals surface area (Å²) in [6, 6.07) is 15.7. The van der Waals surface area contributed by atoms with Crippen molar-refractivity contribution in [3.8, 4) is 5.75 Å². The van der Waals surface area contributed by atoms with Crippen LogP contribution in [0.5, 0.6) is 5.75 Å². The highest BCUT2D eigenvalue weighted by Crippen LogP contribution is 2.28. The lowest BCUT2D eigenvalue weighted by Crippen LogP contribution is -1.92. The molecule has 19 heavy (non-hydrogen) atoms. The van der Waals surface area contributed by atoms with Gasteiger partial charge in [-0.3, -0.25) is 4.79 Å². The number of benzene rings is 2. The molecule has 0 unspecified atom stereocenters. The van der Waals surface area contributed by atoms with E-state index < -0.39 is 0 Å². The Balaban J connectivity index is 2.10. The van der Waals surface area contributed by atoms with Gasteiger partial charge in [0, 0.05) is 21.8 Å². The average molecular weight is 272 g/mol. The van der Waals surface area contributed by atoms with Crippen LogP contribution >= 0.6 is 11.8 Å². The predicted molar refractivity (Wildman–Crippen MR) is 79.0 cm³/mol. The van der Waals surface area contributed by atoms with Crippen molar-refractivity contribution < 1.29 is 9.53 Å². The van der Waals surface area contributed by atoms with E-state index in [0.717, 1.165) is 27.5 Å². The van der Waals surface area contributed by atoms with Crippen molar-refractivity contribution >= 4 is 17.5 Å². The van der Waals surface area contributed by atoms with Crippen molar-refractivity contribution in [1.82, 2.24) is 0 Å². The highest BCUT2D eigenvalue weighted by molar-refractivity contribution is 7.98. The molecule has 0 aliphatic carbocycles. The molecule has 0 bridgehead atoms. The highest BCUT2D eigenvalue weighted by Gasteiger charge is 2.04. The van der Waals surface area contributed by atoms with Crippen LogP contribution in [0.15, 0.2) is 53.4 Å². The van der Waals surface area contributed by atoms with Gasteiger partial charge in [-0.25, -0.2) is 0 Å². The summed E-state index contributed by atoms with van der Waals surface area (Å²) in [6.45, 7) is 1.59. The van der Waals surface area contributed by atoms with E-state index in [4.69, 9.17) is 4.74 Å². The van der Waals surface area contributed by atoms with Gasteiger partial charge in [-0.15, -0.1) is 11.8 Å². The Labute approximate surface area is 117 Å². The molecule has 0 spiro atoms. The normalized spacial score (nSPS) is 10.2. The second-order valence-electron chi connectivity index (χ2n) is 4.18. The van der Waals surface area contributed by atoms with Crippen LogP contribution in [0, 0.1) is 0 Å². The predicted octanol–water partition coefficient (Wildman–Crippen LogP) is 4.19. The van der Waals surface area contributed by atoms with E-state index in [1.807, 2.05) is 42.5 Å². The first-order chi connectivity index (χ1) is 9.20. The first-order valence-electron chi connectivity index (χ1n) is 6.06. The lowest BCUT2D eigenvalue weighted by Gasteiger charge is -2.08. The van der Waals surface area contributed by atoms with Gasteiger partial charge in [0.25, 0.3) is 0 Å². The molecule has 0 aliphatic heterocycles. The van der Waals surface area contributed by atoms with Gasteiger partial charge in [0.15, 0.2) is 5.78 Å². The fourth-order valence-electron chi connectivity index (χ4n) is 1.79. The Morgan fingerprint density at radius 1 is 1.16 bits per heavy atom. The molecule has 0 heterocycles. The summed E-state index contributed by atoms with van der Waals surface area (Å²) in [5.74, 6) is 1.82. The molecule has 3 heteroatoms. The van der Waals surface area contributed by atoms with Crippen molar-refractivity contribution in [3.05, 3.63) is 59.7 Å². The van der Waals surface area contributed by atoms with Crippen molar-refractivity contribution in [1.29, 1.82) is 0 Å². The molecular formula is C16H16O2S. The smallest absolute Gasteiger partial charge is 0.159 e. The third-order valence-corrected chi connectivity index (χ3v) is 3.87. The summed E-state index contributed by atoms with van der Waals surface area (Å²) < 4.78 is 5.33. The number of hydrogen-bond acceptors (Lipinski definition) is 3. The Kier molecular flexibility index (Phi) is 4.63. The van der Waals surface area contributed by atoms with Crippen LogP contribution in [0.4, 0.5) is 0 Å². The molecule has 0 radical (unpaired) electrons. The zero-order chi connectivity index (χ0) is 13.7. The molecule has 0 fully saturated rings. The van der Waals surface area contributed by atoms with E-state index in [0.29, 0.717) is 0 Å². The number of ketones is 1. The molecule has 2 nitrogen and oxygen atoms in total. The molecule has 0 saturated heterocycles. The Morgan fingerprint density at radius 3 is 2.68 bits per heavy atom. The number of rotatable bonds is 5. The number of carbonyl (C=O) groups is 1. The van der Waals surface area contributed by atoms with Crippen LogP contribution in [0.1, 0.15) is 22.8 Å². The maximum Gasteiger partial charge on any atom is 0.159 e. The lowest BCUT2D eigenvalue weighted by atomic mass is 10.2. The molecule has 2 aromatic carbocycles. The van der Waals surface area contributed by atoms with Crippen LogP contribution in [0.2, 0.25) is 0 Å². The molecule has 0 aliphatic rings. The van der Waals surface area contributed by atoms with Gasteiger partial charge in [0.2, 0.25) is 0 Å². The average Bonchev–Trinajstić information content (AvgIpc) is 2.45. The van der Waals surface area contributed by atoms with Gasteiger partial charge in [-0.1, -0.05) is 30.3 Å². The minimum atomic E-state index is 0.0970. The van der Waals surface area contributed by atoms with Gasteiger partial charge in [-0.2, -0.15) is 0 Å². The van der Waals surface area contributed by atoms with Crippen LogP contribution in [-0.2, 0) is 5.75 Å². The largest absolute Gasteiger partial charge is 0.496 e. The summed E-state index contributed by atoms with van der Waals surface area (Å²) in [6.07, 6.45) is 0. The summed E-state index contributed by atoms with van der Waals surface area (Å²) in [4.78, 5) is 12.4. The standard InChI is InChI=1S/C16H16O2S/c1-12(17)13-7-5-8-15(10-13)19-11-14-6-3-4-9-16(14)18-2/h3-10H,11H2,1-2H3. The summed E-state index contributed by atoms with van der Waals surface area (Å²) in [5, 5.41) is 0. The number of carbonyl (C=O) groups excluding carboxylic acids is 1. The zero-order valence-corrected chi connectivity index (χ0v) is 11.9. The molecule has 0 aromatic heterocycles. The van der Waals surface area contributed by atoms with E-state index in [1.54, 1.807) is 25.8 Å². The first-order valence-corrected chi connectivity index (χ1v) is 7.05. The van der Waals surface area contributed by atoms with Gasteiger partial charge < -0.3 is 4.74 Å². The van der Waals surface area contributed by atoms with Crippen molar-refractivity contribution in [3.63, 3.8) is 0 Å². The van der Waals surface area contributed by atoms with Gasteiger partial charge in [0.1, 0.15) is 5.75 Å². The Hall–Kier alpha value is -1.74. The SMILES string of the molecule is COc1ccccc1CSc1cccc(C(C)=O)c1. The van der Waals surface area contributed by atoms with Crippen LogP contribution < -0.4 is 4.74 Å². The number of methoxy groups -OCH3 is 1. The summed E-state index contributed by atoms with van der Waals surface area (Å²) >= 11 is 1.70. The fraction of sp³-hybridized carbons (Fsp3) is 0.188. The molecule has 0 N–H and O–H groups in total. The fourth-order valence-corrected chi connectivity index (χ4v) is 2.73. The number of ether oxygens (including phenoxy) is 1. The second kappa shape index (κ2) is 6.43. The van der Waals surface area contributed by atoms with Crippen LogP contribution in [0.25, 0.3) is 0 Å². The molecule has 0 atom stereocenters. The Bertz CT molecular complexity index is 578. The number of hydrogen-bond donors (Lipinski definition) is 0. The van der Waals surface area contributed by atoms with E-state index >= 15 is 0 Å². The Morgan fingerprint density at radius 2 is 1.95 bits per heavy atom. The second-order valence-corrected chi connectivity index (χ2v) is 5.23. The monoisotopic (exact) mass is 272 g/mol.